The highest BCUT2D eigenvalue weighted by molar-refractivity contribution is 7.20. The van der Waals surface area contributed by atoms with Crippen LogP contribution >= 0.6 is 11.3 Å². The predicted octanol–water partition coefficient (Wildman–Crippen LogP) is 4.77. The van der Waals surface area contributed by atoms with E-state index in [1.54, 1.807) is 24.3 Å². The Labute approximate surface area is 198 Å². The number of rotatable bonds is 6. The lowest BCUT2D eigenvalue weighted by Gasteiger charge is -2.13. The summed E-state index contributed by atoms with van der Waals surface area (Å²) in [6.07, 6.45) is 1.54. The number of nitro benzene ring substituents is 1. The third-order valence-electron chi connectivity index (χ3n) is 5.32. The molecule has 4 aromatic rings. The number of ether oxygens (including phenoxy) is 1. The van der Waals surface area contributed by atoms with Crippen molar-refractivity contribution in [2.45, 2.75) is 13.8 Å². The fourth-order valence-corrected chi connectivity index (χ4v) is 4.64. The van der Waals surface area contributed by atoms with E-state index in [9.17, 15) is 19.7 Å². The summed E-state index contributed by atoms with van der Waals surface area (Å²) in [5, 5.41) is 15.7. The number of non-ortho nitro benzene ring substituents is 1. The number of thiophene rings is 1. The second-order valence-corrected chi connectivity index (χ2v) is 8.54. The zero-order valence-electron chi connectivity index (χ0n) is 18.6. The van der Waals surface area contributed by atoms with Crippen LogP contribution in [0.25, 0.3) is 15.8 Å². The molecule has 0 unspecified atom stereocenters. The topological polar surface area (TPSA) is 116 Å². The maximum Gasteiger partial charge on any atom is 0.339 e. The molecule has 34 heavy (non-hydrogen) atoms. The first-order valence-electron chi connectivity index (χ1n) is 10.2. The Morgan fingerprint density at radius 3 is 2.65 bits per heavy atom. The van der Waals surface area contributed by atoms with Crippen molar-refractivity contribution in [2.75, 3.05) is 7.11 Å². The number of nitro groups is 1. The van der Waals surface area contributed by atoms with Crippen LogP contribution in [-0.4, -0.2) is 34.7 Å². The fraction of sp³-hybridized carbons (Fsp3) is 0.125. The number of para-hydroxylation sites is 1. The summed E-state index contributed by atoms with van der Waals surface area (Å²) in [5.74, 6) is -0.843. The van der Waals surface area contributed by atoms with Crippen LogP contribution in [-0.2, 0) is 4.74 Å². The molecular weight excluding hydrogens is 456 g/mol. The molecule has 0 aliphatic carbocycles. The summed E-state index contributed by atoms with van der Waals surface area (Å²) in [6.45, 7) is 3.80. The maximum absolute atomic E-state index is 12.5. The van der Waals surface area contributed by atoms with Crippen LogP contribution in [0.15, 0.2) is 59.7 Å². The van der Waals surface area contributed by atoms with Gasteiger partial charge < -0.3 is 9.30 Å². The molecule has 0 spiro atoms. The molecule has 0 fully saturated rings. The number of aromatic nitrogens is 1. The summed E-state index contributed by atoms with van der Waals surface area (Å²) in [6, 6.07) is 15.1. The van der Waals surface area contributed by atoms with Crippen LogP contribution < -0.4 is 5.43 Å². The number of methoxy groups -OCH3 is 1. The molecule has 0 radical (unpaired) electrons. The second-order valence-electron chi connectivity index (χ2n) is 7.46. The summed E-state index contributed by atoms with van der Waals surface area (Å²) < 4.78 is 7.60. The van der Waals surface area contributed by atoms with Gasteiger partial charge in [-0.2, -0.15) is 5.10 Å². The van der Waals surface area contributed by atoms with Gasteiger partial charge in [0.05, 0.1) is 34.4 Å². The number of aryl methyl sites for hydroxylation is 1. The molecule has 10 heteroatoms. The predicted molar refractivity (Wildman–Crippen MR) is 130 cm³/mol. The van der Waals surface area contributed by atoms with Crippen LogP contribution in [0.1, 0.15) is 37.0 Å². The summed E-state index contributed by atoms with van der Waals surface area (Å²) in [4.78, 5) is 35.6. The molecule has 2 heterocycles. The molecule has 1 N–H and O–H groups in total. The smallest absolute Gasteiger partial charge is 0.339 e. The lowest BCUT2D eigenvalue weighted by atomic mass is 10.1. The van der Waals surface area contributed by atoms with E-state index in [4.69, 9.17) is 4.74 Å². The Hall–Kier alpha value is -4.31. The highest BCUT2D eigenvalue weighted by atomic mass is 32.1. The number of esters is 1. The number of hydrogen-bond donors (Lipinski definition) is 1. The monoisotopic (exact) mass is 476 g/mol. The molecular formula is C24H20N4O5S. The molecule has 9 nitrogen and oxygen atoms in total. The number of nitrogens with zero attached hydrogens (tertiary/aromatic N) is 3. The minimum Gasteiger partial charge on any atom is -0.465 e. The van der Waals surface area contributed by atoms with Gasteiger partial charge in [0.2, 0.25) is 0 Å². The van der Waals surface area contributed by atoms with Gasteiger partial charge in [0, 0.05) is 39.2 Å². The largest absolute Gasteiger partial charge is 0.465 e. The Morgan fingerprint density at radius 2 is 1.91 bits per heavy atom. The van der Waals surface area contributed by atoms with Gasteiger partial charge in [-0.05, 0) is 44.2 Å². The van der Waals surface area contributed by atoms with E-state index in [2.05, 4.69) is 10.5 Å². The number of amides is 1. The number of carbonyl (C=O) groups is 2. The number of nitrogens with one attached hydrogen (secondary N) is 1. The highest BCUT2D eigenvalue weighted by Crippen LogP contribution is 2.29. The van der Waals surface area contributed by atoms with E-state index in [0.717, 1.165) is 21.7 Å². The van der Waals surface area contributed by atoms with Gasteiger partial charge in [-0.3, -0.25) is 14.9 Å². The van der Waals surface area contributed by atoms with Gasteiger partial charge in [0.15, 0.2) is 0 Å². The Morgan fingerprint density at radius 1 is 1.15 bits per heavy atom. The van der Waals surface area contributed by atoms with Crippen molar-refractivity contribution >= 4 is 45.2 Å². The first-order chi connectivity index (χ1) is 16.3. The van der Waals surface area contributed by atoms with Crippen molar-refractivity contribution in [1.82, 2.24) is 9.99 Å². The van der Waals surface area contributed by atoms with Crippen molar-refractivity contribution in [3.05, 3.63) is 92.1 Å². The van der Waals surface area contributed by atoms with Gasteiger partial charge in [-0.25, -0.2) is 10.2 Å². The molecule has 0 aliphatic rings. The molecule has 1 amide bonds. The van der Waals surface area contributed by atoms with Crippen LogP contribution in [0.5, 0.6) is 0 Å². The third kappa shape index (κ3) is 4.30. The average Bonchev–Trinajstić information content (AvgIpc) is 3.38. The number of fused-ring (bicyclic) bond motifs is 1. The van der Waals surface area contributed by atoms with Crippen molar-refractivity contribution in [3.8, 4) is 5.69 Å². The first-order valence-corrected chi connectivity index (χ1v) is 11.0. The zero-order valence-corrected chi connectivity index (χ0v) is 19.4. The van der Waals surface area contributed by atoms with Crippen LogP contribution in [0.2, 0.25) is 0 Å². The minimum atomic E-state index is -0.471. The van der Waals surface area contributed by atoms with Gasteiger partial charge in [-0.15, -0.1) is 11.3 Å². The van der Waals surface area contributed by atoms with Crippen LogP contribution in [0, 0.1) is 24.0 Å². The lowest BCUT2D eigenvalue weighted by molar-refractivity contribution is -0.384. The van der Waals surface area contributed by atoms with E-state index in [0.29, 0.717) is 21.5 Å². The molecule has 172 valence electrons. The molecule has 2 aromatic heterocycles. The van der Waals surface area contributed by atoms with Crippen molar-refractivity contribution in [1.29, 1.82) is 0 Å². The lowest BCUT2D eigenvalue weighted by Crippen LogP contribution is -2.16. The summed E-state index contributed by atoms with van der Waals surface area (Å²) in [5.41, 5.74) is 6.09. The van der Waals surface area contributed by atoms with Crippen molar-refractivity contribution < 1.29 is 19.2 Å². The Bertz CT molecular complexity index is 1470. The van der Waals surface area contributed by atoms with Gasteiger partial charge in [0.1, 0.15) is 0 Å². The van der Waals surface area contributed by atoms with Crippen molar-refractivity contribution in [2.24, 2.45) is 5.10 Å². The SMILES string of the molecule is COC(=O)c1ccccc1-n1c(C)cc(/C=N\NC(=O)c2cc3cc([N+](=O)[O-])ccc3s2)c1C. The van der Waals surface area contributed by atoms with Gasteiger partial charge in [-0.1, -0.05) is 12.1 Å². The number of benzene rings is 2. The number of hydrazone groups is 1. The normalized spacial score (nSPS) is 11.1. The fourth-order valence-electron chi connectivity index (χ4n) is 3.71. The number of hydrogen-bond acceptors (Lipinski definition) is 7. The molecule has 0 bridgehead atoms. The van der Waals surface area contributed by atoms with Crippen molar-refractivity contribution in [3.63, 3.8) is 0 Å². The molecule has 2 aromatic carbocycles. The van der Waals surface area contributed by atoms with Gasteiger partial charge in [0.25, 0.3) is 11.6 Å². The van der Waals surface area contributed by atoms with E-state index in [1.807, 2.05) is 36.6 Å². The Kier molecular flexibility index (Phi) is 6.24. The zero-order chi connectivity index (χ0) is 24.4. The van der Waals surface area contributed by atoms with E-state index in [1.165, 1.54) is 36.8 Å². The van der Waals surface area contributed by atoms with Gasteiger partial charge >= 0.3 is 5.97 Å². The summed E-state index contributed by atoms with van der Waals surface area (Å²) >= 11 is 1.23. The molecule has 0 saturated heterocycles. The van der Waals surface area contributed by atoms with E-state index in [-0.39, 0.29) is 5.69 Å². The minimum absolute atomic E-state index is 0.0283. The maximum atomic E-state index is 12.5. The first kappa shape index (κ1) is 22.9. The molecule has 0 aliphatic heterocycles. The molecule has 0 saturated carbocycles. The highest BCUT2D eigenvalue weighted by Gasteiger charge is 2.17. The Balaban J connectivity index is 1.56. The average molecular weight is 477 g/mol. The quantitative estimate of drug-likeness (QED) is 0.186. The van der Waals surface area contributed by atoms with E-state index < -0.39 is 16.8 Å². The third-order valence-corrected chi connectivity index (χ3v) is 6.44. The van der Waals surface area contributed by atoms with E-state index >= 15 is 0 Å². The summed E-state index contributed by atoms with van der Waals surface area (Å²) in [7, 11) is 1.34. The second kappa shape index (κ2) is 9.28. The van der Waals surface area contributed by atoms with Crippen LogP contribution in [0.4, 0.5) is 5.69 Å². The molecule has 0 atom stereocenters. The number of carbonyl (C=O) groups excluding carboxylic acids is 2. The molecule has 4 rings (SSSR count). The standard InChI is InChI=1S/C24H20N4O5S/c1-14-10-17(15(2)27(14)20-7-5-4-6-19(20)24(30)33-3)13-25-26-23(29)22-12-16-11-18(28(31)32)8-9-21(16)34-22/h4-13H,1-3H3,(H,26,29)/b25-13-. The van der Waals surface area contributed by atoms with Crippen LogP contribution in [0.3, 0.4) is 0 Å².